The molecule has 3 N–H and O–H groups in total. The van der Waals surface area contributed by atoms with Gasteiger partial charge >= 0.3 is 6.18 Å². The number of alkyl halides is 5. The van der Waals surface area contributed by atoms with Gasteiger partial charge in [-0.2, -0.15) is 13.2 Å². The number of hydrogen-bond acceptors (Lipinski definition) is 5. The molecule has 1 heterocycles. The van der Waals surface area contributed by atoms with E-state index in [1.807, 2.05) is 0 Å². The van der Waals surface area contributed by atoms with E-state index in [-0.39, 0.29) is 17.9 Å². The minimum absolute atomic E-state index is 0.0432. The highest BCUT2D eigenvalue weighted by Crippen LogP contribution is 2.34. The summed E-state index contributed by atoms with van der Waals surface area (Å²) in [6, 6.07) is -0.619. The number of nitrogens with two attached hydrogens (primary N) is 1. The van der Waals surface area contributed by atoms with E-state index in [4.69, 9.17) is 5.84 Å². The third-order valence-corrected chi connectivity index (χ3v) is 3.26. The van der Waals surface area contributed by atoms with Gasteiger partial charge in [-0.15, -0.1) is 11.3 Å². The lowest BCUT2D eigenvalue weighted by atomic mass is 10.2. The summed E-state index contributed by atoms with van der Waals surface area (Å²) in [5.41, 5.74) is 2.31. The monoisotopic (exact) mass is 305 g/mol. The number of nitrogens with one attached hydrogen (secondary N) is 1. The minimum atomic E-state index is -4.51. The van der Waals surface area contributed by atoms with Crippen LogP contribution in [0.1, 0.15) is 22.3 Å². The predicted molar refractivity (Wildman–Crippen MR) is 58.6 cm³/mol. The zero-order chi connectivity index (χ0) is 14.5. The molecule has 0 saturated carbocycles. The van der Waals surface area contributed by atoms with Gasteiger partial charge in [0.15, 0.2) is 5.01 Å². The van der Waals surface area contributed by atoms with Gasteiger partial charge in [0.2, 0.25) is 0 Å². The van der Waals surface area contributed by atoms with Crippen LogP contribution in [0, 0.1) is 0 Å². The van der Waals surface area contributed by atoms with Crippen molar-refractivity contribution in [1.82, 2.24) is 10.4 Å². The number of hydrogen-bond donors (Lipinski definition) is 2. The van der Waals surface area contributed by atoms with E-state index in [0.29, 0.717) is 11.3 Å². The molecule has 0 fully saturated rings. The highest BCUT2D eigenvalue weighted by atomic mass is 32.1. The number of ether oxygens (including phenoxy) is 1. The minimum Gasteiger partial charge on any atom is -0.375 e. The second kappa shape index (κ2) is 7.08. The third-order valence-electron chi connectivity index (χ3n) is 2.11. The Morgan fingerprint density at radius 1 is 1.42 bits per heavy atom. The molecule has 0 aliphatic carbocycles. The number of hydrazine groups is 1. The third kappa shape index (κ3) is 5.35. The van der Waals surface area contributed by atoms with Crippen LogP contribution in [0.5, 0.6) is 0 Å². The Morgan fingerprint density at radius 2 is 2.11 bits per heavy atom. The van der Waals surface area contributed by atoms with E-state index < -0.39 is 30.3 Å². The zero-order valence-corrected chi connectivity index (χ0v) is 10.4. The van der Waals surface area contributed by atoms with Crippen molar-refractivity contribution in [2.75, 3.05) is 13.2 Å². The van der Waals surface area contributed by atoms with Gasteiger partial charge in [-0.25, -0.2) is 13.8 Å². The molecule has 0 aromatic carbocycles. The largest absolute Gasteiger partial charge is 0.443 e. The lowest BCUT2D eigenvalue weighted by Gasteiger charge is -2.13. The van der Waals surface area contributed by atoms with Gasteiger partial charge in [-0.05, 0) is 6.42 Å². The Hall–Kier alpha value is -0.840. The van der Waals surface area contributed by atoms with E-state index >= 15 is 0 Å². The van der Waals surface area contributed by atoms with E-state index in [2.05, 4.69) is 15.1 Å². The molecule has 1 aromatic heterocycles. The molecule has 19 heavy (non-hydrogen) atoms. The maximum Gasteiger partial charge on any atom is 0.443 e. The Bertz CT molecular complexity index is 384. The zero-order valence-electron chi connectivity index (χ0n) is 9.58. The summed E-state index contributed by atoms with van der Waals surface area (Å²) in [7, 11) is 0. The van der Waals surface area contributed by atoms with E-state index in [0.717, 1.165) is 6.20 Å². The van der Waals surface area contributed by atoms with E-state index in [1.54, 1.807) is 0 Å². The average Bonchev–Trinajstić information content (AvgIpc) is 2.77. The molecule has 0 aliphatic rings. The molecule has 0 saturated heterocycles. The van der Waals surface area contributed by atoms with Gasteiger partial charge in [0.05, 0.1) is 6.04 Å². The molecule has 110 valence electrons. The Labute approximate surface area is 109 Å². The lowest BCUT2D eigenvalue weighted by molar-refractivity contribution is -0.137. The van der Waals surface area contributed by atoms with Crippen LogP contribution < -0.4 is 11.3 Å². The van der Waals surface area contributed by atoms with Gasteiger partial charge in [-0.3, -0.25) is 11.3 Å². The number of nitrogens with zero attached hydrogens (tertiary/aromatic N) is 1. The Kier molecular flexibility index (Phi) is 6.04. The fraction of sp³-hybridized carbons (Fsp3) is 0.667. The highest BCUT2D eigenvalue weighted by Gasteiger charge is 2.35. The molecular weight excluding hydrogens is 293 g/mol. The van der Waals surface area contributed by atoms with Crippen molar-refractivity contribution in [1.29, 1.82) is 0 Å². The van der Waals surface area contributed by atoms with Gasteiger partial charge in [-0.1, -0.05) is 0 Å². The summed E-state index contributed by atoms with van der Waals surface area (Å²) in [6.45, 7) is -0.758. The summed E-state index contributed by atoms with van der Waals surface area (Å²) >= 11 is 0.455. The van der Waals surface area contributed by atoms with Crippen molar-refractivity contribution in [2.45, 2.75) is 25.1 Å². The topological polar surface area (TPSA) is 60.2 Å². The molecule has 1 atom stereocenters. The molecule has 1 aromatic rings. The number of thiazole rings is 1. The number of aromatic nitrogens is 1. The quantitative estimate of drug-likeness (QED) is 0.351. The fourth-order valence-corrected chi connectivity index (χ4v) is 2.14. The molecular formula is C9H12F5N3OS. The summed E-state index contributed by atoms with van der Waals surface area (Å²) in [5, 5.41) is -0.976. The van der Waals surface area contributed by atoms with Gasteiger partial charge in [0.1, 0.15) is 6.61 Å². The van der Waals surface area contributed by atoms with E-state index in [1.165, 1.54) is 0 Å². The smallest absolute Gasteiger partial charge is 0.375 e. The van der Waals surface area contributed by atoms with Gasteiger partial charge < -0.3 is 4.74 Å². The standard InChI is InChI=1S/C9H12F5N3OS/c10-7(11)4-18-2-1-5(17-15)6-3-16-8(19-6)9(12,13)14/h3,5,7,17H,1-2,4,15H2. The molecule has 0 radical (unpaired) electrons. The normalized spacial score (nSPS) is 14.1. The molecule has 1 unspecified atom stereocenters. The van der Waals surface area contributed by atoms with Crippen LogP contribution in [0.2, 0.25) is 0 Å². The van der Waals surface area contributed by atoms with Crippen LogP contribution in [-0.2, 0) is 10.9 Å². The van der Waals surface area contributed by atoms with E-state index in [9.17, 15) is 22.0 Å². The SMILES string of the molecule is NNC(CCOCC(F)F)c1cnc(C(F)(F)F)s1. The van der Waals surface area contributed by atoms with Crippen LogP contribution in [0.4, 0.5) is 22.0 Å². The number of halogens is 5. The molecule has 10 heteroatoms. The van der Waals surface area contributed by atoms with Crippen LogP contribution in [0.15, 0.2) is 6.20 Å². The Morgan fingerprint density at radius 3 is 2.58 bits per heavy atom. The summed E-state index contributed by atoms with van der Waals surface area (Å²) in [4.78, 5) is 3.52. The van der Waals surface area contributed by atoms with Crippen molar-refractivity contribution in [2.24, 2.45) is 5.84 Å². The predicted octanol–water partition coefficient (Wildman–Crippen LogP) is 2.34. The average molecular weight is 305 g/mol. The second-order valence-corrected chi connectivity index (χ2v) is 4.60. The van der Waals surface area contributed by atoms with Crippen LogP contribution in [0.25, 0.3) is 0 Å². The van der Waals surface area contributed by atoms with Crippen molar-refractivity contribution in [3.05, 3.63) is 16.1 Å². The molecule has 0 aliphatic heterocycles. The first-order valence-corrected chi connectivity index (χ1v) is 6.01. The molecule has 0 amide bonds. The highest BCUT2D eigenvalue weighted by molar-refractivity contribution is 7.11. The first-order chi connectivity index (χ1) is 8.84. The summed E-state index contributed by atoms with van der Waals surface area (Å²) in [6.07, 6.45) is -5.85. The molecule has 1 rings (SSSR count). The first-order valence-electron chi connectivity index (χ1n) is 5.19. The molecule has 0 bridgehead atoms. The van der Waals surface area contributed by atoms with Crippen molar-refractivity contribution in [3.8, 4) is 0 Å². The van der Waals surface area contributed by atoms with Gasteiger partial charge in [0, 0.05) is 17.7 Å². The molecule has 0 spiro atoms. The summed E-state index contributed by atoms with van der Waals surface area (Å²) < 4.78 is 65.3. The lowest BCUT2D eigenvalue weighted by Crippen LogP contribution is -2.28. The summed E-state index contributed by atoms with van der Waals surface area (Å²) in [5.74, 6) is 5.21. The second-order valence-electron chi connectivity index (χ2n) is 3.54. The Balaban J connectivity index is 2.53. The number of rotatable bonds is 7. The maximum absolute atomic E-state index is 12.4. The maximum atomic E-state index is 12.4. The van der Waals surface area contributed by atoms with Crippen LogP contribution in [0.3, 0.4) is 0 Å². The van der Waals surface area contributed by atoms with Crippen molar-refractivity contribution in [3.63, 3.8) is 0 Å². The fourth-order valence-electron chi connectivity index (χ4n) is 1.26. The molecule has 4 nitrogen and oxygen atoms in total. The van der Waals surface area contributed by atoms with Crippen LogP contribution >= 0.6 is 11.3 Å². The van der Waals surface area contributed by atoms with Crippen molar-refractivity contribution < 1.29 is 26.7 Å². The van der Waals surface area contributed by atoms with Gasteiger partial charge in [0.25, 0.3) is 6.43 Å². The van der Waals surface area contributed by atoms with Crippen LogP contribution in [-0.4, -0.2) is 24.6 Å². The first kappa shape index (κ1) is 16.2. The van der Waals surface area contributed by atoms with Crippen molar-refractivity contribution >= 4 is 11.3 Å².